The zero-order valence-electron chi connectivity index (χ0n) is 9.68. The molecule has 2 atom stereocenters. The summed E-state index contributed by atoms with van der Waals surface area (Å²) >= 11 is 0. The molecule has 2 unspecified atom stereocenters. The van der Waals surface area contributed by atoms with Crippen molar-refractivity contribution in [2.24, 2.45) is 5.92 Å². The molecule has 0 aromatic carbocycles. The predicted octanol–water partition coefficient (Wildman–Crippen LogP) is 0.103. The molecule has 16 heavy (non-hydrogen) atoms. The molecule has 1 saturated carbocycles. The van der Waals surface area contributed by atoms with Crippen molar-refractivity contribution in [3.05, 3.63) is 0 Å². The van der Waals surface area contributed by atoms with Gasteiger partial charge in [-0.2, -0.15) is 0 Å². The van der Waals surface area contributed by atoms with Crippen LogP contribution in [0.5, 0.6) is 0 Å². The molecule has 0 radical (unpaired) electrons. The van der Waals surface area contributed by atoms with E-state index in [0.29, 0.717) is 13.0 Å². The topological polar surface area (TPSA) is 75.6 Å². The van der Waals surface area contributed by atoms with Crippen LogP contribution in [0.3, 0.4) is 0 Å². The number of aliphatic hydroxyl groups excluding tert-OH is 1. The van der Waals surface area contributed by atoms with Crippen LogP contribution in [0.1, 0.15) is 25.7 Å². The van der Waals surface area contributed by atoms with E-state index in [0.717, 1.165) is 19.3 Å². The van der Waals surface area contributed by atoms with Gasteiger partial charge in [-0.15, -0.1) is 0 Å². The molecule has 1 aliphatic rings. The normalized spacial score (nSPS) is 26.1. The molecule has 2 N–H and O–H groups in total. The SMILES string of the molecule is COCCCS(=O)(=O)NC1CCCC1CO. The number of nitrogens with one attached hydrogen (secondary N) is 1. The third-order valence-electron chi connectivity index (χ3n) is 2.99. The van der Waals surface area contributed by atoms with Crippen LogP contribution in [0.2, 0.25) is 0 Å². The third-order valence-corrected chi connectivity index (χ3v) is 4.47. The molecule has 0 aromatic heterocycles. The Morgan fingerprint density at radius 1 is 1.44 bits per heavy atom. The monoisotopic (exact) mass is 251 g/mol. The molecule has 0 heterocycles. The van der Waals surface area contributed by atoms with E-state index in [1.54, 1.807) is 7.11 Å². The lowest BCUT2D eigenvalue weighted by molar-refractivity contribution is 0.199. The van der Waals surface area contributed by atoms with Crippen molar-refractivity contribution in [2.75, 3.05) is 26.1 Å². The van der Waals surface area contributed by atoms with E-state index >= 15 is 0 Å². The highest BCUT2D eigenvalue weighted by Crippen LogP contribution is 2.25. The van der Waals surface area contributed by atoms with Gasteiger partial charge in [-0.05, 0) is 25.2 Å². The maximum atomic E-state index is 11.7. The molecule has 1 rings (SSSR count). The minimum absolute atomic E-state index is 0.0608. The highest BCUT2D eigenvalue weighted by atomic mass is 32.2. The Hall–Kier alpha value is -0.170. The van der Waals surface area contributed by atoms with Crippen LogP contribution in [-0.4, -0.2) is 45.6 Å². The van der Waals surface area contributed by atoms with Gasteiger partial charge in [-0.25, -0.2) is 13.1 Å². The second-order valence-corrected chi connectivity index (χ2v) is 6.14. The maximum absolute atomic E-state index is 11.7. The summed E-state index contributed by atoms with van der Waals surface area (Å²) in [6.07, 6.45) is 3.22. The summed E-state index contributed by atoms with van der Waals surface area (Å²) in [4.78, 5) is 0. The lowest BCUT2D eigenvalue weighted by Crippen LogP contribution is -2.39. The van der Waals surface area contributed by atoms with E-state index in [9.17, 15) is 8.42 Å². The van der Waals surface area contributed by atoms with E-state index in [2.05, 4.69) is 4.72 Å². The molecule has 5 nitrogen and oxygen atoms in total. The summed E-state index contributed by atoms with van der Waals surface area (Å²) in [7, 11) is -1.67. The second-order valence-electron chi connectivity index (χ2n) is 4.26. The van der Waals surface area contributed by atoms with E-state index in [1.165, 1.54) is 0 Å². The maximum Gasteiger partial charge on any atom is 0.211 e. The molecule has 1 fully saturated rings. The molecule has 0 spiro atoms. The molecule has 0 aliphatic heterocycles. The van der Waals surface area contributed by atoms with Crippen molar-refractivity contribution in [3.63, 3.8) is 0 Å². The zero-order valence-corrected chi connectivity index (χ0v) is 10.5. The molecule has 0 amide bonds. The van der Waals surface area contributed by atoms with Gasteiger partial charge in [0.05, 0.1) is 5.75 Å². The smallest absolute Gasteiger partial charge is 0.211 e. The van der Waals surface area contributed by atoms with Crippen LogP contribution in [-0.2, 0) is 14.8 Å². The Bertz CT molecular complexity index is 291. The van der Waals surface area contributed by atoms with Crippen molar-refractivity contribution in [3.8, 4) is 0 Å². The Kier molecular flexibility index (Phi) is 5.68. The number of sulfonamides is 1. The van der Waals surface area contributed by atoms with Crippen molar-refractivity contribution in [2.45, 2.75) is 31.7 Å². The number of rotatable bonds is 7. The molecule has 0 saturated heterocycles. The van der Waals surface area contributed by atoms with Gasteiger partial charge in [0.2, 0.25) is 10.0 Å². The Morgan fingerprint density at radius 2 is 2.19 bits per heavy atom. The molecule has 96 valence electrons. The first-order chi connectivity index (χ1) is 7.59. The summed E-state index contributed by atoms with van der Waals surface area (Å²) in [6.45, 7) is 0.514. The summed E-state index contributed by atoms with van der Waals surface area (Å²) in [6, 6.07) is -0.0856. The van der Waals surface area contributed by atoms with Crippen LogP contribution >= 0.6 is 0 Å². The van der Waals surface area contributed by atoms with E-state index in [-0.39, 0.29) is 24.3 Å². The lowest BCUT2D eigenvalue weighted by Gasteiger charge is -2.18. The third kappa shape index (κ3) is 4.37. The van der Waals surface area contributed by atoms with Gasteiger partial charge in [0.25, 0.3) is 0 Å². The molecule has 6 heteroatoms. The minimum Gasteiger partial charge on any atom is -0.396 e. The lowest BCUT2D eigenvalue weighted by atomic mass is 10.1. The fraction of sp³-hybridized carbons (Fsp3) is 1.00. The Morgan fingerprint density at radius 3 is 2.81 bits per heavy atom. The van der Waals surface area contributed by atoms with E-state index in [4.69, 9.17) is 9.84 Å². The average molecular weight is 251 g/mol. The van der Waals surface area contributed by atoms with Gasteiger partial charge in [-0.3, -0.25) is 0 Å². The van der Waals surface area contributed by atoms with Crippen molar-refractivity contribution in [1.29, 1.82) is 0 Å². The van der Waals surface area contributed by atoms with Crippen molar-refractivity contribution < 1.29 is 18.3 Å². The Balaban J connectivity index is 2.39. The summed E-state index contributed by atoms with van der Waals surface area (Å²) in [5.74, 6) is 0.173. The molecule has 0 aromatic rings. The standard InChI is InChI=1S/C10H21NO4S/c1-15-6-3-7-16(13,14)11-10-5-2-4-9(10)8-12/h9-12H,2-8H2,1H3. The van der Waals surface area contributed by atoms with E-state index in [1.807, 2.05) is 0 Å². The van der Waals surface area contributed by atoms with Gasteiger partial charge in [0.15, 0.2) is 0 Å². The number of aliphatic hydroxyl groups is 1. The first kappa shape index (κ1) is 13.9. The quantitative estimate of drug-likeness (QED) is 0.629. The van der Waals surface area contributed by atoms with Gasteiger partial charge in [-0.1, -0.05) is 6.42 Å². The van der Waals surface area contributed by atoms with Crippen LogP contribution in [0, 0.1) is 5.92 Å². The predicted molar refractivity (Wildman–Crippen MR) is 61.6 cm³/mol. The molecular formula is C10H21NO4S. The summed E-state index contributed by atoms with van der Waals surface area (Å²) in [5.41, 5.74) is 0. The molecular weight excluding hydrogens is 230 g/mol. The van der Waals surface area contributed by atoms with Crippen LogP contribution in [0.4, 0.5) is 0 Å². The van der Waals surface area contributed by atoms with Crippen molar-refractivity contribution in [1.82, 2.24) is 4.72 Å². The highest BCUT2D eigenvalue weighted by Gasteiger charge is 2.29. The summed E-state index contributed by atoms with van der Waals surface area (Å²) in [5, 5.41) is 9.09. The van der Waals surface area contributed by atoms with Crippen molar-refractivity contribution >= 4 is 10.0 Å². The number of hydrogen-bond donors (Lipinski definition) is 2. The fourth-order valence-corrected chi connectivity index (χ4v) is 3.48. The second kappa shape index (κ2) is 6.54. The van der Waals surface area contributed by atoms with Gasteiger partial charge >= 0.3 is 0 Å². The number of methoxy groups -OCH3 is 1. The largest absolute Gasteiger partial charge is 0.396 e. The number of hydrogen-bond acceptors (Lipinski definition) is 4. The number of ether oxygens (including phenoxy) is 1. The zero-order chi connectivity index (χ0) is 12.0. The van der Waals surface area contributed by atoms with Crippen LogP contribution in [0.25, 0.3) is 0 Å². The molecule has 0 bridgehead atoms. The average Bonchev–Trinajstić information content (AvgIpc) is 2.64. The minimum atomic E-state index is -3.22. The van der Waals surface area contributed by atoms with E-state index < -0.39 is 10.0 Å². The van der Waals surface area contributed by atoms with Crippen LogP contribution < -0.4 is 4.72 Å². The van der Waals surface area contributed by atoms with Crippen LogP contribution in [0.15, 0.2) is 0 Å². The van der Waals surface area contributed by atoms with Gasteiger partial charge in [0, 0.05) is 26.4 Å². The first-order valence-electron chi connectivity index (χ1n) is 5.69. The fourth-order valence-electron chi connectivity index (χ4n) is 2.09. The first-order valence-corrected chi connectivity index (χ1v) is 7.34. The molecule has 1 aliphatic carbocycles. The Labute approximate surface area is 97.2 Å². The van der Waals surface area contributed by atoms with Gasteiger partial charge < -0.3 is 9.84 Å². The summed E-state index contributed by atoms with van der Waals surface area (Å²) < 4.78 is 30.8. The highest BCUT2D eigenvalue weighted by molar-refractivity contribution is 7.89. The van der Waals surface area contributed by atoms with Gasteiger partial charge in [0.1, 0.15) is 0 Å².